The number of rotatable bonds is 3. The number of nitrogens with zero attached hydrogens (tertiary/aromatic N) is 1. The molecule has 5 rings (SSSR count). The van der Waals surface area contributed by atoms with E-state index in [-0.39, 0.29) is 17.1 Å². The van der Waals surface area contributed by atoms with Gasteiger partial charge >= 0.3 is 0 Å². The number of hydrogen-bond donors (Lipinski definition) is 2. The lowest BCUT2D eigenvalue weighted by molar-refractivity contribution is -0.138. The highest BCUT2D eigenvalue weighted by atomic mass is 16.3. The van der Waals surface area contributed by atoms with Gasteiger partial charge in [0.25, 0.3) is 0 Å². The summed E-state index contributed by atoms with van der Waals surface area (Å²) in [6, 6.07) is 6.79. The lowest BCUT2D eigenvalue weighted by atomic mass is 9.58. The molecule has 2 atom stereocenters. The molecule has 0 aliphatic heterocycles. The molecule has 0 unspecified atom stereocenters. The summed E-state index contributed by atoms with van der Waals surface area (Å²) >= 11 is 0. The van der Waals surface area contributed by atoms with Crippen LogP contribution in [0.25, 0.3) is 0 Å². The van der Waals surface area contributed by atoms with Gasteiger partial charge in [0.15, 0.2) is 0 Å². The second kappa shape index (κ2) is 5.66. The predicted octanol–water partition coefficient (Wildman–Crippen LogP) is 3.45. The highest BCUT2D eigenvalue weighted by Gasteiger charge is 2.52. The van der Waals surface area contributed by atoms with Crippen molar-refractivity contribution in [3.63, 3.8) is 0 Å². The van der Waals surface area contributed by atoms with Crippen LogP contribution in [0.2, 0.25) is 0 Å². The van der Waals surface area contributed by atoms with Gasteiger partial charge in [-0.05, 0) is 79.7 Å². The highest BCUT2D eigenvalue weighted by molar-refractivity contribution is 5.85. The van der Waals surface area contributed by atoms with Crippen molar-refractivity contribution in [2.75, 3.05) is 0 Å². The second-order valence-electron chi connectivity index (χ2n) is 7.83. The SMILES string of the molecule is O=C(N/N=C\c1ccc(O)cc1)C12CC3C[C@H](CC[C@@H](C3)C1)C2. The molecule has 122 valence electrons. The van der Waals surface area contributed by atoms with Gasteiger partial charge in [-0.3, -0.25) is 4.79 Å². The van der Waals surface area contributed by atoms with E-state index in [1.54, 1.807) is 30.5 Å². The molecule has 0 heterocycles. The summed E-state index contributed by atoms with van der Waals surface area (Å²) in [5.74, 6) is 2.59. The number of phenols is 1. The lowest BCUT2D eigenvalue weighted by Crippen LogP contribution is -2.47. The molecule has 4 aliphatic carbocycles. The molecule has 4 bridgehead atoms. The third-order valence-electron chi connectivity index (χ3n) is 6.11. The number of aromatic hydroxyl groups is 1. The smallest absolute Gasteiger partial charge is 0.246 e. The number of fused-ring (bicyclic) bond motifs is 1. The molecule has 23 heavy (non-hydrogen) atoms. The number of benzene rings is 1. The molecule has 1 aromatic carbocycles. The van der Waals surface area contributed by atoms with Gasteiger partial charge in [0.1, 0.15) is 5.75 Å². The third kappa shape index (κ3) is 2.87. The quantitative estimate of drug-likeness (QED) is 0.663. The van der Waals surface area contributed by atoms with Crippen LogP contribution in [0.5, 0.6) is 5.75 Å². The van der Waals surface area contributed by atoms with Crippen molar-refractivity contribution < 1.29 is 9.90 Å². The molecule has 0 spiro atoms. The molecular weight excluding hydrogens is 288 g/mol. The molecule has 0 aromatic heterocycles. The molecule has 4 aliphatic rings. The van der Waals surface area contributed by atoms with Gasteiger partial charge < -0.3 is 5.11 Å². The summed E-state index contributed by atoms with van der Waals surface area (Å²) in [6.07, 6.45) is 10.1. The predicted molar refractivity (Wildman–Crippen MR) is 89.1 cm³/mol. The van der Waals surface area contributed by atoms with Gasteiger partial charge in [-0.1, -0.05) is 12.8 Å². The summed E-state index contributed by atoms with van der Waals surface area (Å²) in [7, 11) is 0. The first-order valence-electron chi connectivity index (χ1n) is 8.75. The maximum Gasteiger partial charge on any atom is 0.246 e. The average molecular weight is 312 g/mol. The minimum atomic E-state index is -0.167. The monoisotopic (exact) mass is 312 g/mol. The average Bonchev–Trinajstić information content (AvgIpc) is 2.75. The summed E-state index contributed by atoms with van der Waals surface area (Å²) in [5.41, 5.74) is 3.50. The van der Waals surface area contributed by atoms with Crippen LogP contribution >= 0.6 is 0 Å². The van der Waals surface area contributed by atoms with Crippen molar-refractivity contribution in [1.82, 2.24) is 5.43 Å². The van der Waals surface area contributed by atoms with E-state index in [1.807, 2.05) is 0 Å². The van der Waals surface area contributed by atoms with Crippen molar-refractivity contribution in [3.8, 4) is 5.75 Å². The van der Waals surface area contributed by atoms with Crippen LogP contribution in [0, 0.1) is 23.2 Å². The summed E-state index contributed by atoms with van der Waals surface area (Å²) < 4.78 is 0. The van der Waals surface area contributed by atoms with E-state index in [0.717, 1.165) is 42.6 Å². The standard InChI is InChI=1S/C19H24N2O2/c22-17-5-3-13(4-6-17)12-20-21-18(23)19-9-14-1-2-15(10-19)8-16(7-14)11-19/h3-6,12,14-16,22H,1-2,7-11H2,(H,21,23)/b20-12-/t14-,15-,16?,19?/m0/s1. The summed E-state index contributed by atoms with van der Waals surface area (Å²) in [5, 5.41) is 13.4. The van der Waals surface area contributed by atoms with E-state index >= 15 is 0 Å². The van der Waals surface area contributed by atoms with Gasteiger partial charge in [-0.25, -0.2) is 5.43 Å². The molecule has 4 nitrogen and oxygen atoms in total. The molecule has 0 radical (unpaired) electrons. The second-order valence-corrected chi connectivity index (χ2v) is 7.83. The first kappa shape index (κ1) is 14.7. The zero-order valence-electron chi connectivity index (χ0n) is 13.4. The molecule has 1 amide bonds. The number of amides is 1. The van der Waals surface area contributed by atoms with Crippen molar-refractivity contribution in [1.29, 1.82) is 0 Å². The Hall–Kier alpha value is -1.84. The Morgan fingerprint density at radius 3 is 2.35 bits per heavy atom. The van der Waals surface area contributed by atoms with Crippen molar-refractivity contribution in [2.45, 2.75) is 44.9 Å². The summed E-state index contributed by atoms with van der Waals surface area (Å²) in [6.45, 7) is 0. The zero-order chi connectivity index (χ0) is 15.9. The normalized spacial score (nSPS) is 35.4. The van der Waals surface area contributed by atoms with Gasteiger partial charge in [-0.15, -0.1) is 0 Å². The van der Waals surface area contributed by atoms with E-state index in [2.05, 4.69) is 10.5 Å². The Labute approximate surface area is 137 Å². The Morgan fingerprint density at radius 2 is 1.70 bits per heavy atom. The molecular formula is C19H24N2O2. The van der Waals surface area contributed by atoms with Gasteiger partial charge in [-0.2, -0.15) is 5.10 Å². The fourth-order valence-corrected chi connectivity index (χ4v) is 5.31. The van der Waals surface area contributed by atoms with Crippen LogP contribution in [0.4, 0.5) is 0 Å². The van der Waals surface area contributed by atoms with Crippen LogP contribution in [0.15, 0.2) is 29.4 Å². The van der Waals surface area contributed by atoms with Crippen molar-refractivity contribution in [3.05, 3.63) is 29.8 Å². The van der Waals surface area contributed by atoms with Crippen LogP contribution < -0.4 is 5.43 Å². The van der Waals surface area contributed by atoms with E-state index in [4.69, 9.17) is 0 Å². The Kier molecular flexibility index (Phi) is 3.63. The Bertz CT molecular complexity index is 607. The lowest BCUT2D eigenvalue weighted by Gasteiger charge is -2.46. The number of hydrogen-bond acceptors (Lipinski definition) is 3. The molecule has 4 saturated carbocycles. The van der Waals surface area contributed by atoms with Crippen molar-refractivity contribution >= 4 is 12.1 Å². The fraction of sp³-hybridized carbons (Fsp3) is 0.579. The summed E-state index contributed by atoms with van der Waals surface area (Å²) in [4.78, 5) is 12.8. The highest BCUT2D eigenvalue weighted by Crippen LogP contribution is 2.57. The van der Waals surface area contributed by atoms with Gasteiger partial charge in [0, 0.05) is 0 Å². The number of hydrazone groups is 1. The van der Waals surface area contributed by atoms with Gasteiger partial charge in [0.05, 0.1) is 11.6 Å². The number of carbonyl (C=O) groups is 1. The number of nitrogens with one attached hydrogen (secondary N) is 1. The molecule has 1 aromatic rings. The van der Waals surface area contributed by atoms with Crippen LogP contribution in [0.1, 0.15) is 50.5 Å². The zero-order valence-corrected chi connectivity index (χ0v) is 13.4. The molecule has 4 heteroatoms. The minimum absolute atomic E-state index is 0.119. The van der Waals surface area contributed by atoms with E-state index < -0.39 is 0 Å². The first-order chi connectivity index (χ1) is 11.1. The number of carbonyl (C=O) groups excluding carboxylic acids is 1. The molecule has 4 fully saturated rings. The Morgan fingerprint density at radius 1 is 1.09 bits per heavy atom. The van der Waals surface area contributed by atoms with Crippen molar-refractivity contribution in [2.24, 2.45) is 28.3 Å². The fourth-order valence-electron chi connectivity index (χ4n) is 5.31. The van der Waals surface area contributed by atoms with Crippen LogP contribution in [-0.2, 0) is 4.79 Å². The van der Waals surface area contributed by atoms with Gasteiger partial charge in [0.2, 0.25) is 5.91 Å². The third-order valence-corrected chi connectivity index (χ3v) is 6.11. The van der Waals surface area contributed by atoms with E-state index in [9.17, 15) is 9.90 Å². The first-order valence-corrected chi connectivity index (χ1v) is 8.75. The van der Waals surface area contributed by atoms with E-state index in [1.165, 1.54) is 25.7 Å². The maximum atomic E-state index is 12.8. The van der Waals surface area contributed by atoms with Crippen LogP contribution in [0.3, 0.4) is 0 Å². The largest absolute Gasteiger partial charge is 0.508 e. The Balaban J connectivity index is 1.45. The molecule has 0 saturated heterocycles. The number of phenolic OH excluding ortho intramolecular Hbond substituents is 1. The minimum Gasteiger partial charge on any atom is -0.508 e. The maximum absolute atomic E-state index is 12.8. The van der Waals surface area contributed by atoms with Crippen LogP contribution in [-0.4, -0.2) is 17.2 Å². The molecule has 2 N–H and O–H groups in total. The van der Waals surface area contributed by atoms with E-state index in [0.29, 0.717) is 0 Å². The topological polar surface area (TPSA) is 61.7 Å².